The van der Waals surface area contributed by atoms with E-state index < -0.39 is 0 Å². The quantitative estimate of drug-likeness (QED) is 0.812. The summed E-state index contributed by atoms with van der Waals surface area (Å²) >= 11 is 0. The van der Waals surface area contributed by atoms with E-state index in [1.165, 1.54) is 0 Å². The van der Waals surface area contributed by atoms with Gasteiger partial charge in [0.05, 0.1) is 12.8 Å². The molecule has 0 unspecified atom stereocenters. The number of rotatable bonds is 6. The van der Waals surface area contributed by atoms with Crippen molar-refractivity contribution in [1.29, 1.82) is 0 Å². The first-order chi connectivity index (χ1) is 10.2. The van der Waals surface area contributed by atoms with Gasteiger partial charge in [-0.2, -0.15) is 0 Å². The van der Waals surface area contributed by atoms with Crippen LogP contribution in [0.5, 0.6) is 5.75 Å². The zero-order chi connectivity index (χ0) is 15.1. The molecule has 21 heavy (non-hydrogen) atoms. The molecule has 2 rings (SSSR count). The van der Waals surface area contributed by atoms with Crippen LogP contribution in [0.15, 0.2) is 24.5 Å². The van der Waals surface area contributed by atoms with Crippen LogP contribution in [0.2, 0.25) is 0 Å². The Labute approximate surface area is 126 Å². The maximum Gasteiger partial charge on any atom is 0.222 e. The summed E-state index contributed by atoms with van der Waals surface area (Å²) in [5, 5.41) is 0. The van der Waals surface area contributed by atoms with Crippen LogP contribution >= 0.6 is 0 Å². The second kappa shape index (κ2) is 7.98. The Bertz CT molecular complexity index is 438. The van der Waals surface area contributed by atoms with Crippen LogP contribution < -0.4 is 10.5 Å². The van der Waals surface area contributed by atoms with Gasteiger partial charge in [-0.1, -0.05) is 6.92 Å². The van der Waals surface area contributed by atoms with Crippen molar-refractivity contribution in [2.45, 2.75) is 38.6 Å². The minimum Gasteiger partial charge on any atom is -0.492 e. The zero-order valence-electron chi connectivity index (χ0n) is 12.7. The van der Waals surface area contributed by atoms with Gasteiger partial charge in [0.2, 0.25) is 5.91 Å². The van der Waals surface area contributed by atoms with Crippen LogP contribution in [0, 0.1) is 5.92 Å². The molecule has 0 saturated carbocycles. The largest absolute Gasteiger partial charge is 0.492 e. The molecule has 5 nitrogen and oxygen atoms in total. The molecule has 1 aliphatic heterocycles. The number of pyridine rings is 1. The average molecular weight is 291 g/mol. The van der Waals surface area contributed by atoms with E-state index in [9.17, 15) is 4.79 Å². The van der Waals surface area contributed by atoms with Gasteiger partial charge < -0.3 is 15.4 Å². The third-order valence-electron chi connectivity index (χ3n) is 4.12. The highest BCUT2D eigenvalue weighted by molar-refractivity contribution is 5.76. The highest BCUT2D eigenvalue weighted by atomic mass is 16.5. The van der Waals surface area contributed by atoms with E-state index in [2.05, 4.69) is 11.9 Å². The van der Waals surface area contributed by atoms with Gasteiger partial charge in [0.15, 0.2) is 0 Å². The van der Waals surface area contributed by atoms with Crippen molar-refractivity contribution in [2.24, 2.45) is 11.7 Å². The molecule has 0 aliphatic carbocycles. The predicted molar refractivity (Wildman–Crippen MR) is 81.9 cm³/mol. The molecule has 116 valence electrons. The van der Waals surface area contributed by atoms with E-state index in [0.29, 0.717) is 25.5 Å². The van der Waals surface area contributed by atoms with E-state index in [-0.39, 0.29) is 11.9 Å². The molecule has 0 bridgehead atoms. The SMILES string of the molecule is C[C@H]1CCCN(C(=O)CCCOc2cccnc2)[C@@H]1CN. The molecule has 1 aliphatic rings. The molecule has 1 fully saturated rings. The number of hydrogen-bond donors (Lipinski definition) is 1. The molecule has 5 heteroatoms. The van der Waals surface area contributed by atoms with Crippen molar-refractivity contribution in [3.8, 4) is 5.75 Å². The fourth-order valence-corrected chi connectivity index (χ4v) is 2.91. The molecular formula is C16H25N3O2. The summed E-state index contributed by atoms with van der Waals surface area (Å²) in [5.41, 5.74) is 5.83. The fraction of sp³-hybridized carbons (Fsp3) is 0.625. The average Bonchev–Trinajstić information content (AvgIpc) is 2.52. The van der Waals surface area contributed by atoms with E-state index in [1.54, 1.807) is 12.4 Å². The Hall–Kier alpha value is -1.62. The molecular weight excluding hydrogens is 266 g/mol. The van der Waals surface area contributed by atoms with Crippen LogP contribution in [-0.4, -0.2) is 41.5 Å². The van der Waals surface area contributed by atoms with E-state index in [0.717, 1.165) is 31.6 Å². The van der Waals surface area contributed by atoms with Crippen molar-refractivity contribution in [2.75, 3.05) is 19.7 Å². The van der Waals surface area contributed by atoms with Gasteiger partial charge in [-0.15, -0.1) is 0 Å². The first-order valence-electron chi connectivity index (χ1n) is 7.74. The van der Waals surface area contributed by atoms with Crippen LogP contribution in [-0.2, 0) is 4.79 Å². The number of nitrogens with two attached hydrogens (primary N) is 1. The van der Waals surface area contributed by atoms with E-state index in [1.807, 2.05) is 17.0 Å². The van der Waals surface area contributed by atoms with Gasteiger partial charge in [-0.25, -0.2) is 0 Å². The lowest BCUT2D eigenvalue weighted by Gasteiger charge is -2.39. The summed E-state index contributed by atoms with van der Waals surface area (Å²) in [6.45, 7) is 4.12. The lowest BCUT2D eigenvalue weighted by molar-refractivity contribution is -0.136. The standard InChI is InChI=1S/C16H25N3O2/c1-13-5-3-9-19(15(13)11-17)16(20)7-4-10-21-14-6-2-8-18-12-14/h2,6,8,12-13,15H,3-5,7,9-11,17H2,1H3/t13-,15+/m0/s1. The second-order valence-corrected chi connectivity index (χ2v) is 5.65. The molecule has 2 atom stereocenters. The monoisotopic (exact) mass is 291 g/mol. The van der Waals surface area contributed by atoms with Gasteiger partial charge in [0.25, 0.3) is 0 Å². The summed E-state index contributed by atoms with van der Waals surface area (Å²) < 4.78 is 5.56. The Morgan fingerprint density at radius 3 is 3.14 bits per heavy atom. The van der Waals surface area contributed by atoms with Crippen molar-refractivity contribution in [3.63, 3.8) is 0 Å². The molecule has 0 aromatic carbocycles. The number of aromatic nitrogens is 1. The molecule has 0 spiro atoms. The number of carbonyl (C=O) groups is 1. The predicted octanol–water partition coefficient (Wildman–Crippen LogP) is 1.83. The number of likely N-dealkylation sites (tertiary alicyclic amines) is 1. The Kier molecular flexibility index (Phi) is 5.99. The molecule has 1 aromatic rings. The lowest BCUT2D eigenvalue weighted by atomic mass is 9.90. The number of piperidine rings is 1. The highest BCUT2D eigenvalue weighted by Gasteiger charge is 2.30. The zero-order valence-corrected chi connectivity index (χ0v) is 12.7. The minimum atomic E-state index is 0.200. The summed E-state index contributed by atoms with van der Waals surface area (Å²) in [4.78, 5) is 18.3. The van der Waals surface area contributed by atoms with Gasteiger partial charge in [-0.05, 0) is 37.3 Å². The van der Waals surface area contributed by atoms with Crippen LogP contribution in [0.1, 0.15) is 32.6 Å². The van der Waals surface area contributed by atoms with Crippen LogP contribution in [0.3, 0.4) is 0 Å². The number of nitrogens with zero attached hydrogens (tertiary/aromatic N) is 2. The number of hydrogen-bond acceptors (Lipinski definition) is 4. The van der Waals surface area contributed by atoms with Crippen LogP contribution in [0.4, 0.5) is 0 Å². The summed E-state index contributed by atoms with van der Waals surface area (Å²) in [6.07, 6.45) is 6.87. The maximum atomic E-state index is 12.3. The molecule has 2 heterocycles. The number of ether oxygens (including phenoxy) is 1. The molecule has 2 N–H and O–H groups in total. The molecule has 0 radical (unpaired) electrons. The number of amides is 1. The van der Waals surface area contributed by atoms with Gasteiger partial charge >= 0.3 is 0 Å². The van der Waals surface area contributed by atoms with Crippen LogP contribution in [0.25, 0.3) is 0 Å². The Balaban J connectivity index is 1.73. The fourth-order valence-electron chi connectivity index (χ4n) is 2.91. The summed E-state index contributed by atoms with van der Waals surface area (Å²) in [6, 6.07) is 3.90. The first kappa shape index (κ1) is 15.8. The van der Waals surface area contributed by atoms with Gasteiger partial charge in [-0.3, -0.25) is 9.78 Å². The van der Waals surface area contributed by atoms with Gasteiger partial charge in [0.1, 0.15) is 5.75 Å². The second-order valence-electron chi connectivity index (χ2n) is 5.65. The van der Waals surface area contributed by atoms with Crippen molar-refractivity contribution < 1.29 is 9.53 Å². The third kappa shape index (κ3) is 4.43. The Morgan fingerprint density at radius 1 is 1.57 bits per heavy atom. The third-order valence-corrected chi connectivity index (χ3v) is 4.12. The highest BCUT2D eigenvalue weighted by Crippen LogP contribution is 2.23. The van der Waals surface area contributed by atoms with Crippen molar-refractivity contribution in [1.82, 2.24) is 9.88 Å². The first-order valence-corrected chi connectivity index (χ1v) is 7.74. The molecule has 1 saturated heterocycles. The van der Waals surface area contributed by atoms with Crippen molar-refractivity contribution >= 4 is 5.91 Å². The molecule has 1 amide bonds. The smallest absolute Gasteiger partial charge is 0.222 e. The summed E-state index contributed by atoms with van der Waals surface area (Å²) in [7, 11) is 0. The van der Waals surface area contributed by atoms with E-state index in [4.69, 9.17) is 10.5 Å². The topological polar surface area (TPSA) is 68.5 Å². The maximum absolute atomic E-state index is 12.3. The van der Waals surface area contributed by atoms with Crippen molar-refractivity contribution in [3.05, 3.63) is 24.5 Å². The van der Waals surface area contributed by atoms with Gasteiger partial charge in [0, 0.05) is 31.7 Å². The number of carbonyl (C=O) groups excluding carboxylic acids is 1. The normalized spacial score (nSPS) is 22.1. The lowest BCUT2D eigenvalue weighted by Crippen LogP contribution is -2.51. The molecule has 1 aromatic heterocycles. The minimum absolute atomic E-state index is 0.200. The van der Waals surface area contributed by atoms with E-state index >= 15 is 0 Å². The summed E-state index contributed by atoms with van der Waals surface area (Å²) in [5.74, 6) is 1.45. The Morgan fingerprint density at radius 2 is 2.43 bits per heavy atom.